The summed E-state index contributed by atoms with van der Waals surface area (Å²) in [4.78, 5) is 15.4. The lowest BCUT2D eigenvalue weighted by Gasteiger charge is -2.08. The van der Waals surface area contributed by atoms with E-state index in [2.05, 4.69) is 22.1 Å². The highest BCUT2D eigenvalue weighted by Gasteiger charge is 2.05. The summed E-state index contributed by atoms with van der Waals surface area (Å²) in [6.07, 6.45) is 1.05. The van der Waals surface area contributed by atoms with Crippen LogP contribution in [-0.2, 0) is 4.74 Å². The zero-order chi connectivity index (χ0) is 13.4. The van der Waals surface area contributed by atoms with Gasteiger partial charge in [-0.05, 0) is 18.1 Å². The third-order valence-electron chi connectivity index (χ3n) is 1.87. The van der Waals surface area contributed by atoms with Crippen molar-refractivity contribution in [1.82, 2.24) is 4.98 Å². The number of carbonyl (C=O) groups excluding carboxylic acids is 1. The molecule has 1 rings (SSSR count). The fraction of sp³-hybridized carbons (Fsp3) is 0.385. The maximum atomic E-state index is 11.4. The van der Waals surface area contributed by atoms with Crippen LogP contribution in [0.3, 0.4) is 0 Å². The van der Waals surface area contributed by atoms with E-state index in [1.54, 1.807) is 18.3 Å². The molecule has 0 aliphatic heterocycles. The summed E-state index contributed by atoms with van der Waals surface area (Å²) in [5.74, 6) is 6.30. The quantitative estimate of drug-likeness (QED) is 0.795. The molecule has 0 bridgehead atoms. The first-order chi connectivity index (χ1) is 8.61. The van der Waals surface area contributed by atoms with Gasteiger partial charge in [0.2, 0.25) is 0 Å². The standard InChI is InChI=1S/C13H17N3O2/c1-10(2)9-18-13(17)16-12-8-11(4-3-6-14)5-7-15-12/h5,7-8,10H,6,9,14H2,1-2H3,(H,15,16,17). The molecule has 0 saturated heterocycles. The molecule has 0 fully saturated rings. The van der Waals surface area contributed by atoms with Crippen LogP contribution >= 0.6 is 0 Å². The lowest BCUT2D eigenvalue weighted by molar-refractivity contribution is 0.147. The summed E-state index contributed by atoms with van der Waals surface area (Å²) in [6, 6.07) is 3.41. The minimum Gasteiger partial charge on any atom is -0.449 e. The molecular weight excluding hydrogens is 230 g/mol. The Morgan fingerprint density at radius 1 is 1.61 bits per heavy atom. The van der Waals surface area contributed by atoms with Gasteiger partial charge in [-0.1, -0.05) is 25.7 Å². The minimum absolute atomic E-state index is 0.293. The number of rotatable bonds is 3. The molecule has 5 nitrogen and oxygen atoms in total. The molecule has 3 N–H and O–H groups in total. The minimum atomic E-state index is -0.514. The van der Waals surface area contributed by atoms with E-state index in [-0.39, 0.29) is 0 Å². The number of carbonyl (C=O) groups is 1. The Morgan fingerprint density at radius 2 is 2.39 bits per heavy atom. The number of pyridine rings is 1. The molecule has 0 atom stereocenters. The van der Waals surface area contributed by atoms with E-state index in [1.165, 1.54) is 0 Å². The molecule has 1 amide bonds. The van der Waals surface area contributed by atoms with Gasteiger partial charge < -0.3 is 10.5 Å². The SMILES string of the molecule is CC(C)COC(=O)Nc1cc(C#CCN)ccn1. The second-order valence-electron chi connectivity index (χ2n) is 4.05. The van der Waals surface area contributed by atoms with Crippen molar-refractivity contribution in [2.45, 2.75) is 13.8 Å². The molecule has 1 aromatic rings. The summed E-state index contributed by atoms with van der Waals surface area (Å²) < 4.78 is 4.98. The molecule has 5 heteroatoms. The summed E-state index contributed by atoms with van der Waals surface area (Å²) in [5, 5.41) is 2.54. The Hall–Kier alpha value is -2.06. The largest absolute Gasteiger partial charge is 0.449 e. The van der Waals surface area contributed by atoms with E-state index in [0.29, 0.717) is 24.9 Å². The molecule has 0 saturated carbocycles. The number of ether oxygens (including phenoxy) is 1. The van der Waals surface area contributed by atoms with Crippen LogP contribution in [0.4, 0.5) is 10.6 Å². The predicted molar refractivity (Wildman–Crippen MR) is 70.0 cm³/mol. The summed E-state index contributed by atoms with van der Waals surface area (Å²) in [5.41, 5.74) is 6.03. The zero-order valence-corrected chi connectivity index (χ0v) is 10.6. The smallest absolute Gasteiger partial charge is 0.412 e. The number of nitrogens with one attached hydrogen (secondary N) is 1. The van der Waals surface area contributed by atoms with E-state index < -0.39 is 6.09 Å². The van der Waals surface area contributed by atoms with Crippen molar-refractivity contribution >= 4 is 11.9 Å². The monoisotopic (exact) mass is 247 g/mol. The topological polar surface area (TPSA) is 77.2 Å². The Balaban J connectivity index is 2.59. The molecule has 1 heterocycles. The molecular formula is C13H17N3O2. The third kappa shape index (κ3) is 5.32. The van der Waals surface area contributed by atoms with Crippen molar-refractivity contribution in [2.24, 2.45) is 11.7 Å². The highest BCUT2D eigenvalue weighted by atomic mass is 16.5. The maximum absolute atomic E-state index is 11.4. The maximum Gasteiger partial charge on any atom is 0.412 e. The Bertz CT molecular complexity index is 461. The molecule has 0 aromatic carbocycles. The van der Waals surface area contributed by atoms with Crippen LogP contribution < -0.4 is 11.1 Å². The van der Waals surface area contributed by atoms with Crippen LogP contribution in [0, 0.1) is 17.8 Å². The van der Waals surface area contributed by atoms with Crippen molar-refractivity contribution < 1.29 is 9.53 Å². The highest BCUT2D eigenvalue weighted by Crippen LogP contribution is 2.06. The molecule has 0 aliphatic rings. The van der Waals surface area contributed by atoms with Crippen molar-refractivity contribution in [3.8, 4) is 11.8 Å². The van der Waals surface area contributed by atoms with Crippen molar-refractivity contribution in [1.29, 1.82) is 0 Å². The first-order valence-electron chi connectivity index (χ1n) is 5.70. The Kier molecular flexibility index (Phi) is 5.68. The molecule has 0 radical (unpaired) electrons. The number of aromatic nitrogens is 1. The number of hydrogen-bond donors (Lipinski definition) is 2. The second kappa shape index (κ2) is 7.30. The van der Waals surface area contributed by atoms with E-state index in [4.69, 9.17) is 10.5 Å². The van der Waals surface area contributed by atoms with Gasteiger partial charge in [-0.2, -0.15) is 0 Å². The van der Waals surface area contributed by atoms with Crippen LogP contribution in [0.5, 0.6) is 0 Å². The van der Waals surface area contributed by atoms with E-state index >= 15 is 0 Å². The van der Waals surface area contributed by atoms with Crippen LogP contribution in [0.15, 0.2) is 18.3 Å². The van der Waals surface area contributed by atoms with Gasteiger partial charge in [-0.25, -0.2) is 9.78 Å². The van der Waals surface area contributed by atoms with Gasteiger partial charge in [0, 0.05) is 11.8 Å². The molecule has 18 heavy (non-hydrogen) atoms. The summed E-state index contributed by atoms with van der Waals surface area (Å²) in [7, 11) is 0. The molecule has 96 valence electrons. The first kappa shape index (κ1) is 14.0. The van der Waals surface area contributed by atoms with Crippen molar-refractivity contribution in [2.75, 3.05) is 18.5 Å². The number of hydrogen-bond acceptors (Lipinski definition) is 4. The number of amides is 1. The lowest BCUT2D eigenvalue weighted by atomic mass is 10.2. The van der Waals surface area contributed by atoms with Gasteiger partial charge >= 0.3 is 6.09 Å². The van der Waals surface area contributed by atoms with E-state index in [1.807, 2.05) is 13.8 Å². The first-order valence-corrected chi connectivity index (χ1v) is 5.70. The summed E-state index contributed by atoms with van der Waals surface area (Å²) in [6.45, 7) is 4.60. The predicted octanol–water partition coefficient (Wildman–Crippen LogP) is 1.60. The van der Waals surface area contributed by atoms with E-state index in [0.717, 1.165) is 5.56 Å². The zero-order valence-electron chi connectivity index (χ0n) is 10.6. The second-order valence-corrected chi connectivity index (χ2v) is 4.05. The van der Waals surface area contributed by atoms with Gasteiger partial charge in [-0.15, -0.1) is 0 Å². The molecule has 0 spiro atoms. The van der Waals surface area contributed by atoms with Crippen LogP contribution in [0.25, 0.3) is 0 Å². The molecule has 1 aromatic heterocycles. The van der Waals surface area contributed by atoms with Crippen LogP contribution in [-0.4, -0.2) is 24.2 Å². The average molecular weight is 247 g/mol. The molecule has 0 aliphatic carbocycles. The van der Waals surface area contributed by atoms with E-state index in [9.17, 15) is 4.79 Å². The van der Waals surface area contributed by atoms with Gasteiger partial charge in [-0.3, -0.25) is 5.32 Å². The number of nitrogens with two attached hydrogens (primary N) is 1. The normalized spacial score (nSPS) is 9.56. The number of nitrogens with zero attached hydrogens (tertiary/aromatic N) is 1. The van der Waals surface area contributed by atoms with Gasteiger partial charge in [0.1, 0.15) is 5.82 Å². The highest BCUT2D eigenvalue weighted by molar-refractivity contribution is 5.83. The Morgan fingerprint density at radius 3 is 3.06 bits per heavy atom. The van der Waals surface area contributed by atoms with Crippen molar-refractivity contribution in [3.63, 3.8) is 0 Å². The van der Waals surface area contributed by atoms with Gasteiger partial charge in [0.05, 0.1) is 13.2 Å². The van der Waals surface area contributed by atoms with Crippen LogP contribution in [0.2, 0.25) is 0 Å². The van der Waals surface area contributed by atoms with Gasteiger partial charge in [0.25, 0.3) is 0 Å². The fourth-order valence-electron chi connectivity index (χ4n) is 1.11. The Labute approximate surface area is 107 Å². The fourth-order valence-corrected chi connectivity index (χ4v) is 1.11. The number of anilines is 1. The van der Waals surface area contributed by atoms with Gasteiger partial charge in [0.15, 0.2) is 0 Å². The lowest BCUT2D eigenvalue weighted by Crippen LogP contribution is -2.17. The summed E-state index contributed by atoms with van der Waals surface area (Å²) >= 11 is 0. The average Bonchev–Trinajstić information content (AvgIpc) is 2.34. The molecule has 0 unspecified atom stereocenters. The van der Waals surface area contributed by atoms with Crippen LogP contribution in [0.1, 0.15) is 19.4 Å². The third-order valence-corrected chi connectivity index (χ3v) is 1.87. The van der Waals surface area contributed by atoms with Crippen molar-refractivity contribution in [3.05, 3.63) is 23.9 Å².